The lowest BCUT2D eigenvalue weighted by molar-refractivity contribution is 0.328. The van der Waals surface area contributed by atoms with Crippen LogP contribution >= 0.6 is 0 Å². The van der Waals surface area contributed by atoms with Crippen LogP contribution in [0.15, 0.2) is 24.3 Å². The zero-order valence-corrected chi connectivity index (χ0v) is 9.24. The number of phenolic OH excluding ortho intramolecular Hbond substituents is 1. The van der Waals surface area contributed by atoms with Gasteiger partial charge >= 0.3 is 0 Å². The summed E-state index contributed by atoms with van der Waals surface area (Å²) in [7, 11) is 0. The summed E-state index contributed by atoms with van der Waals surface area (Å²) in [5.74, 6) is 0.338. The molecule has 1 fully saturated rings. The molecule has 3 heteroatoms. The first-order valence-corrected chi connectivity index (χ1v) is 5.85. The maximum absolute atomic E-state index is 9.70. The highest BCUT2D eigenvalue weighted by atomic mass is 16.3. The van der Waals surface area contributed by atoms with E-state index in [1.54, 1.807) is 6.07 Å². The third-order valence-corrected chi connectivity index (χ3v) is 3.28. The molecule has 2 heterocycles. The first-order valence-electron chi connectivity index (χ1n) is 5.85. The van der Waals surface area contributed by atoms with Gasteiger partial charge in [0.1, 0.15) is 5.75 Å². The van der Waals surface area contributed by atoms with Crippen molar-refractivity contribution in [1.29, 1.82) is 0 Å². The number of benzene rings is 1. The number of aromatic hydroxyl groups is 1. The van der Waals surface area contributed by atoms with Gasteiger partial charge in [-0.05, 0) is 38.1 Å². The number of fused-ring (bicyclic) bond motifs is 1. The van der Waals surface area contributed by atoms with Crippen LogP contribution < -0.4 is 0 Å². The highest BCUT2D eigenvalue weighted by Gasteiger charge is 2.13. The number of para-hydroxylation sites is 1. The van der Waals surface area contributed by atoms with Gasteiger partial charge in [0.05, 0.1) is 5.52 Å². The number of phenols is 1. The second-order valence-electron chi connectivity index (χ2n) is 4.52. The summed E-state index contributed by atoms with van der Waals surface area (Å²) in [6.45, 7) is 3.36. The van der Waals surface area contributed by atoms with Crippen molar-refractivity contribution in [1.82, 2.24) is 9.88 Å². The summed E-state index contributed by atoms with van der Waals surface area (Å²) in [5, 5.41) is 10.8. The first kappa shape index (κ1) is 9.73. The SMILES string of the molecule is Oc1cccc2cc(CN3CCCC3)[nH]c12. The van der Waals surface area contributed by atoms with Gasteiger partial charge in [0.25, 0.3) is 0 Å². The van der Waals surface area contributed by atoms with E-state index in [4.69, 9.17) is 0 Å². The lowest BCUT2D eigenvalue weighted by atomic mass is 10.2. The van der Waals surface area contributed by atoms with Crippen molar-refractivity contribution in [3.05, 3.63) is 30.0 Å². The molecule has 0 unspecified atom stereocenters. The number of rotatable bonds is 2. The predicted octanol–water partition coefficient (Wildman–Crippen LogP) is 2.47. The van der Waals surface area contributed by atoms with E-state index in [2.05, 4.69) is 16.0 Å². The van der Waals surface area contributed by atoms with E-state index < -0.39 is 0 Å². The van der Waals surface area contributed by atoms with E-state index in [1.165, 1.54) is 31.6 Å². The molecule has 1 aliphatic heterocycles. The molecular formula is C13H16N2O. The summed E-state index contributed by atoms with van der Waals surface area (Å²) < 4.78 is 0. The average Bonchev–Trinajstić information content (AvgIpc) is 2.88. The van der Waals surface area contributed by atoms with E-state index in [-0.39, 0.29) is 0 Å². The monoisotopic (exact) mass is 216 g/mol. The Morgan fingerprint density at radius 1 is 1.25 bits per heavy atom. The van der Waals surface area contributed by atoms with E-state index in [1.807, 2.05) is 12.1 Å². The number of aromatic amines is 1. The molecule has 1 aromatic heterocycles. The van der Waals surface area contributed by atoms with Crippen molar-refractivity contribution in [2.24, 2.45) is 0 Å². The molecule has 0 saturated carbocycles. The van der Waals surface area contributed by atoms with Crippen LogP contribution in [-0.2, 0) is 6.54 Å². The molecule has 1 saturated heterocycles. The maximum atomic E-state index is 9.70. The van der Waals surface area contributed by atoms with Gasteiger partial charge in [0.2, 0.25) is 0 Å². The Balaban J connectivity index is 1.90. The van der Waals surface area contributed by atoms with Crippen LogP contribution in [-0.4, -0.2) is 28.1 Å². The zero-order chi connectivity index (χ0) is 11.0. The van der Waals surface area contributed by atoms with Gasteiger partial charge in [-0.2, -0.15) is 0 Å². The van der Waals surface area contributed by atoms with Crippen molar-refractivity contribution in [2.75, 3.05) is 13.1 Å². The van der Waals surface area contributed by atoms with Gasteiger partial charge in [0.15, 0.2) is 0 Å². The second kappa shape index (κ2) is 3.83. The summed E-state index contributed by atoms with van der Waals surface area (Å²) in [6.07, 6.45) is 2.62. The second-order valence-corrected chi connectivity index (χ2v) is 4.52. The van der Waals surface area contributed by atoms with Gasteiger partial charge in [-0.3, -0.25) is 4.90 Å². The van der Waals surface area contributed by atoms with Crippen LogP contribution in [0, 0.1) is 0 Å². The number of hydrogen-bond acceptors (Lipinski definition) is 2. The Morgan fingerprint density at radius 2 is 2.06 bits per heavy atom. The summed E-state index contributed by atoms with van der Waals surface area (Å²) in [6, 6.07) is 7.76. The van der Waals surface area contributed by atoms with Crippen molar-refractivity contribution in [3.8, 4) is 5.75 Å². The molecule has 1 aliphatic rings. The molecule has 0 amide bonds. The van der Waals surface area contributed by atoms with Crippen molar-refractivity contribution in [2.45, 2.75) is 19.4 Å². The Labute approximate surface area is 94.7 Å². The van der Waals surface area contributed by atoms with Crippen LogP contribution in [0.4, 0.5) is 0 Å². The third kappa shape index (κ3) is 1.67. The van der Waals surface area contributed by atoms with E-state index in [9.17, 15) is 5.11 Å². The van der Waals surface area contributed by atoms with Gasteiger partial charge < -0.3 is 10.1 Å². The van der Waals surface area contributed by atoms with Crippen molar-refractivity contribution in [3.63, 3.8) is 0 Å². The Kier molecular flexibility index (Phi) is 2.33. The first-order chi connectivity index (χ1) is 7.83. The standard InChI is InChI=1S/C13H16N2O/c16-12-5-3-4-10-8-11(14-13(10)12)9-15-6-1-2-7-15/h3-5,8,14,16H,1-2,6-7,9H2. The lowest BCUT2D eigenvalue weighted by Crippen LogP contribution is -2.18. The van der Waals surface area contributed by atoms with Gasteiger partial charge in [0, 0.05) is 17.6 Å². The molecule has 0 radical (unpaired) electrons. The van der Waals surface area contributed by atoms with E-state index >= 15 is 0 Å². The number of hydrogen-bond donors (Lipinski definition) is 2. The molecule has 2 N–H and O–H groups in total. The smallest absolute Gasteiger partial charge is 0.139 e. The van der Waals surface area contributed by atoms with E-state index in [0.717, 1.165) is 17.4 Å². The third-order valence-electron chi connectivity index (χ3n) is 3.28. The summed E-state index contributed by atoms with van der Waals surface area (Å²) in [4.78, 5) is 5.75. The van der Waals surface area contributed by atoms with Crippen molar-refractivity contribution >= 4 is 10.9 Å². The van der Waals surface area contributed by atoms with Crippen LogP contribution in [0.3, 0.4) is 0 Å². The van der Waals surface area contributed by atoms with E-state index in [0.29, 0.717) is 5.75 Å². The fraction of sp³-hybridized carbons (Fsp3) is 0.385. The van der Waals surface area contributed by atoms with Crippen LogP contribution in [0.5, 0.6) is 5.75 Å². The molecule has 3 nitrogen and oxygen atoms in total. The largest absolute Gasteiger partial charge is 0.506 e. The fourth-order valence-electron chi connectivity index (χ4n) is 2.47. The maximum Gasteiger partial charge on any atom is 0.139 e. The Bertz CT molecular complexity index is 498. The summed E-state index contributed by atoms with van der Waals surface area (Å²) in [5.41, 5.74) is 2.05. The number of nitrogens with one attached hydrogen (secondary N) is 1. The molecule has 0 spiro atoms. The van der Waals surface area contributed by atoms with Crippen LogP contribution in [0.25, 0.3) is 10.9 Å². The quantitative estimate of drug-likeness (QED) is 0.809. The predicted molar refractivity (Wildman–Crippen MR) is 64.5 cm³/mol. The highest BCUT2D eigenvalue weighted by molar-refractivity contribution is 5.85. The Hall–Kier alpha value is -1.48. The minimum atomic E-state index is 0.338. The molecule has 16 heavy (non-hydrogen) atoms. The average molecular weight is 216 g/mol. The molecular weight excluding hydrogens is 200 g/mol. The topological polar surface area (TPSA) is 39.3 Å². The molecule has 0 atom stereocenters. The minimum absolute atomic E-state index is 0.338. The molecule has 3 rings (SSSR count). The highest BCUT2D eigenvalue weighted by Crippen LogP contribution is 2.25. The molecule has 1 aromatic carbocycles. The van der Waals surface area contributed by atoms with Crippen LogP contribution in [0.2, 0.25) is 0 Å². The number of nitrogens with zero attached hydrogens (tertiary/aromatic N) is 1. The summed E-state index contributed by atoms with van der Waals surface area (Å²) >= 11 is 0. The number of aromatic nitrogens is 1. The van der Waals surface area contributed by atoms with Gasteiger partial charge in [-0.25, -0.2) is 0 Å². The Morgan fingerprint density at radius 3 is 2.81 bits per heavy atom. The van der Waals surface area contributed by atoms with Crippen LogP contribution in [0.1, 0.15) is 18.5 Å². The van der Waals surface area contributed by atoms with Gasteiger partial charge in [-0.15, -0.1) is 0 Å². The molecule has 0 bridgehead atoms. The minimum Gasteiger partial charge on any atom is -0.506 e. The lowest BCUT2D eigenvalue weighted by Gasteiger charge is -2.12. The van der Waals surface area contributed by atoms with Gasteiger partial charge in [-0.1, -0.05) is 12.1 Å². The zero-order valence-electron chi connectivity index (χ0n) is 9.24. The fourth-order valence-corrected chi connectivity index (χ4v) is 2.47. The van der Waals surface area contributed by atoms with Crippen molar-refractivity contribution < 1.29 is 5.11 Å². The molecule has 2 aromatic rings. The molecule has 84 valence electrons. The molecule has 0 aliphatic carbocycles. The number of H-pyrrole nitrogens is 1. The number of likely N-dealkylation sites (tertiary alicyclic amines) is 1. The normalized spacial score (nSPS) is 17.2.